The van der Waals surface area contributed by atoms with E-state index < -0.39 is 29.0 Å². The first-order chi connectivity index (χ1) is 13.3. The molecule has 0 saturated carbocycles. The monoisotopic (exact) mass is 406 g/mol. The standard InChI is InChI=1S/C18H16F2N4O3S/c1-8(7-25)9-4-11(19)16(12(20)5-9)13-6-10(17(21)27)18(28-13)22-14-2-3-15(26)24-23-14/h2-6,8,25H,7H2,1H3,(H2,21,27)(H,22,23)(H,24,26). The molecule has 0 saturated heterocycles. The molecular weight excluding hydrogens is 390 g/mol. The number of aliphatic hydroxyl groups excluding tert-OH is 1. The molecule has 28 heavy (non-hydrogen) atoms. The van der Waals surface area contributed by atoms with Crippen molar-refractivity contribution in [2.75, 3.05) is 11.9 Å². The number of nitrogens with one attached hydrogen (secondary N) is 2. The molecular formula is C18H16F2N4O3S. The number of hydrogen-bond acceptors (Lipinski definition) is 6. The van der Waals surface area contributed by atoms with Crippen LogP contribution in [0.5, 0.6) is 0 Å². The first-order valence-corrected chi connectivity index (χ1v) is 8.98. The van der Waals surface area contributed by atoms with Crippen molar-refractivity contribution in [3.05, 3.63) is 63.4 Å². The summed E-state index contributed by atoms with van der Waals surface area (Å²) in [6.45, 7) is 1.40. The molecule has 0 spiro atoms. The topological polar surface area (TPSA) is 121 Å². The summed E-state index contributed by atoms with van der Waals surface area (Å²) >= 11 is 0.915. The number of aromatic nitrogens is 2. The van der Waals surface area contributed by atoms with Crippen molar-refractivity contribution in [1.82, 2.24) is 10.2 Å². The lowest BCUT2D eigenvalue weighted by molar-refractivity contribution is 0.100. The number of rotatable bonds is 6. The minimum Gasteiger partial charge on any atom is -0.396 e. The molecule has 3 rings (SSSR count). The number of amides is 1. The summed E-state index contributed by atoms with van der Waals surface area (Å²) in [6, 6.07) is 6.21. The number of aliphatic hydroxyl groups is 1. The minimum atomic E-state index is -0.818. The fourth-order valence-electron chi connectivity index (χ4n) is 2.54. The normalized spacial score (nSPS) is 12.0. The van der Waals surface area contributed by atoms with E-state index in [1.807, 2.05) is 0 Å². The third-order valence-electron chi connectivity index (χ3n) is 4.07. The summed E-state index contributed by atoms with van der Waals surface area (Å²) in [5, 5.41) is 18.2. The number of thiophene rings is 1. The number of hydrogen-bond donors (Lipinski definition) is 4. The Kier molecular flexibility index (Phi) is 5.52. The van der Waals surface area contributed by atoms with Gasteiger partial charge in [-0.15, -0.1) is 11.3 Å². The number of carbonyl (C=O) groups excluding carboxylic acids is 1. The molecule has 1 amide bonds. The Hall–Kier alpha value is -3.11. The number of aromatic amines is 1. The van der Waals surface area contributed by atoms with Crippen molar-refractivity contribution in [3.63, 3.8) is 0 Å². The van der Waals surface area contributed by atoms with E-state index in [4.69, 9.17) is 5.73 Å². The molecule has 3 aromatic rings. The molecule has 0 aliphatic heterocycles. The Morgan fingerprint density at radius 1 is 1.32 bits per heavy atom. The number of H-pyrrole nitrogens is 1. The smallest absolute Gasteiger partial charge is 0.264 e. The molecule has 7 nitrogen and oxygen atoms in total. The van der Waals surface area contributed by atoms with Crippen LogP contribution in [0.3, 0.4) is 0 Å². The molecule has 0 aliphatic carbocycles. The summed E-state index contributed by atoms with van der Waals surface area (Å²) < 4.78 is 29.2. The van der Waals surface area contributed by atoms with E-state index in [1.165, 1.54) is 18.2 Å². The van der Waals surface area contributed by atoms with Gasteiger partial charge in [0.1, 0.15) is 16.6 Å². The summed E-state index contributed by atoms with van der Waals surface area (Å²) in [6.07, 6.45) is 0. The van der Waals surface area contributed by atoms with Crippen molar-refractivity contribution < 1.29 is 18.7 Å². The Bertz CT molecular complexity index is 1050. The van der Waals surface area contributed by atoms with E-state index in [0.717, 1.165) is 23.5 Å². The van der Waals surface area contributed by atoms with Crippen molar-refractivity contribution in [2.24, 2.45) is 5.73 Å². The predicted molar refractivity (Wildman–Crippen MR) is 102 cm³/mol. The van der Waals surface area contributed by atoms with Gasteiger partial charge in [0.2, 0.25) is 0 Å². The highest BCUT2D eigenvalue weighted by molar-refractivity contribution is 7.20. The Labute approximate surface area is 161 Å². The van der Waals surface area contributed by atoms with Gasteiger partial charge in [-0.2, -0.15) is 5.10 Å². The zero-order valence-corrected chi connectivity index (χ0v) is 15.4. The zero-order chi connectivity index (χ0) is 20.4. The average Bonchev–Trinajstić information content (AvgIpc) is 3.06. The molecule has 1 atom stereocenters. The maximum absolute atomic E-state index is 14.6. The van der Waals surface area contributed by atoms with E-state index in [-0.39, 0.29) is 33.4 Å². The van der Waals surface area contributed by atoms with E-state index in [2.05, 4.69) is 15.5 Å². The second kappa shape index (κ2) is 7.87. The Morgan fingerprint density at radius 2 is 2.00 bits per heavy atom. The largest absolute Gasteiger partial charge is 0.396 e. The van der Waals surface area contributed by atoms with Gasteiger partial charge in [0.05, 0.1) is 11.1 Å². The van der Waals surface area contributed by atoms with Gasteiger partial charge in [0.25, 0.3) is 11.5 Å². The third kappa shape index (κ3) is 3.92. The number of primary amides is 1. The van der Waals surface area contributed by atoms with Gasteiger partial charge < -0.3 is 16.2 Å². The second-order valence-electron chi connectivity index (χ2n) is 6.09. The molecule has 1 unspecified atom stereocenters. The average molecular weight is 406 g/mol. The van der Waals surface area contributed by atoms with Crippen LogP contribution >= 0.6 is 11.3 Å². The van der Waals surface area contributed by atoms with Crippen LogP contribution in [0.25, 0.3) is 10.4 Å². The van der Waals surface area contributed by atoms with Crippen molar-refractivity contribution in [1.29, 1.82) is 0 Å². The molecule has 2 heterocycles. The second-order valence-corrected chi connectivity index (χ2v) is 7.14. The number of nitrogens with two attached hydrogens (primary N) is 1. The van der Waals surface area contributed by atoms with Crippen molar-refractivity contribution in [3.8, 4) is 10.4 Å². The molecule has 10 heteroatoms. The van der Waals surface area contributed by atoms with Gasteiger partial charge in [0, 0.05) is 23.5 Å². The fraction of sp³-hybridized carbons (Fsp3) is 0.167. The van der Waals surface area contributed by atoms with Crippen LogP contribution in [0.15, 0.2) is 35.1 Å². The van der Waals surface area contributed by atoms with Crippen molar-refractivity contribution >= 4 is 28.1 Å². The predicted octanol–water partition coefficient (Wildman–Crippen LogP) is 2.71. The molecule has 0 bridgehead atoms. The number of carbonyl (C=O) groups is 1. The Balaban J connectivity index is 2.05. The van der Waals surface area contributed by atoms with Gasteiger partial charge in [-0.3, -0.25) is 9.59 Å². The minimum absolute atomic E-state index is 0.0274. The van der Waals surface area contributed by atoms with E-state index in [9.17, 15) is 23.5 Å². The van der Waals surface area contributed by atoms with Crippen LogP contribution in [-0.4, -0.2) is 27.8 Å². The van der Waals surface area contributed by atoms with Crippen LogP contribution in [-0.2, 0) is 0 Å². The molecule has 0 aliphatic rings. The van der Waals surface area contributed by atoms with Gasteiger partial charge in [-0.25, -0.2) is 13.9 Å². The lowest BCUT2D eigenvalue weighted by atomic mass is 9.99. The summed E-state index contributed by atoms with van der Waals surface area (Å²) in [5.41, 5.74) is 5.02. The first-order valence-electron chi connectivity index (χ1n) is 8.16. The van der Waals surface area contributed by atoms with Crippen LogP contribution < -0.4 is 16.6 Å². The molecule has 0 fully saturated rings. The SMILES string of the molecule is CC(CO)c1cc(F)c(-c2cc(C(N)=O)c(Nc3ccc(=O)[nH]n3)s2)c(F)c1. The highest BCUT2D eigenvalue weighted by Gasteiger charge is 2.21. The van der Waals surface area contributed by atoms with Crippen LogP contribution in [0.1, 0.15) is 28.8 Å². The van der Waals surface area contributed by atoms with Crippen LogP contribution in [0, 0.1) is 11.6 Å². The van der Waals surface area contributed by atoms with Crippen LogP contribution in [0.2, 0.25) is 0 Å². The van der Waals surface area contributed by atoms with Crippen LogP contribution in [0.4, 0.5) is 19.6 Å². The summed E-state index contributed by atoms with van der Waals surface area (Å²) in [7, 11) is 0. The molecule has 0 radical (unpaired) electrons. The number of halogens is 2. The van der Waals surface area contributed by atoms with Gasteiger partial charge in [0.15, 0.2) is 5.82 Å². The lowest BCUT2D eigenvalue weighted by Crippen LogP contribution is -2.12. The van der Waals surface area contributed by atoms with E-state index in [0.29, 0.717) is 5.56 Å². The first kappa shape index (κ1) is 19.6. The lowest BCUT2D eigenvalue weighted by Gasteiger charge is -2.11. The zero-order valence-electron chi connectivity index (χ0n) is 14.6. The summed E-state index contributed by atoms with van der Waals surface area (Å²) in [5.74, 6) is -2.63. The van der Waals surface area contributed by atoms with Crippen molar-refractivity contribution in [2.45, 2.75) is 12.8 Å². The van der Waals surface area contributed by atoms with Gasteiger partial charge in [-0.05, 0) is 29.8 Å². The fourth-order valence-corrected chi connectivity index (χ4v) is 3.66. The molecule has 146 valence electrons. The number of nitrogens with zero attached hydrogens (tertiary/aromatic N) is 1. The summed E-state index contributed by atoms with van der Waals surface area (Å²) in [4.78, 5) is 23.0. The molecule has 5 N–H and O–H groups in total. The highest BCUT2D eigenvalue weighted by atomic mass is 32.1. The maximum atomic E-state index is 14.6. The third-order valence-corrected chi connectivity index (χ3v) is 5.14. The Morgan fingerprint density at radius 3 is 2.54 bits per heavy atom. The molecule has 1 aromatic carbocycles. The van der Waals surface area contributed by atoms with Gasteiger partial charge in [-0.1, -0.05) is 6.92 Å². The number of anilines is 2. The van der Waals surface area contributed by atoms with E-state index in [1.54, 1.807) is 6.92 Å². The maximum Gasteiger partial charge on any atom is 0.264 e. The van der Waals surface area contributed by atoms with Gasteiger partial charge >= 0.3 is 0 Å². The van der Waals surface area contributed by atoms with E-state index >= 15 is 0 Å². The number of benzene rings is 1. The molecule has 2 aromatic heterocycles. The quantitative estimate of drug-likeness (QED) is 0.502. The highest BCUT2D eigenvalue weighted by Crippen LogP contribution is 2.39.